The molecule has 3 rings (SSSR count). The Balaban J connectivity index is 1.70. The van der Waals surface area contributed by atoms with Gasteiger partial charge in [0.05, 0.1) is 30.5 Å². The molecule has 170 valence electrons. The minimum absolute atomic E-state index is 0.152. The summed E-state index contributed by atoms with van der Waals surface area (Å²) in [7, 11) is 0. The second kappa shape index (κ2) is 9.28. The molecule has 0 unspecified atom stereocenters. The predicted molar refractivity (Wildman–Crippen MR) is 121 cm³/mol. The molecule has 0 amide bonds. The fourth-order valence-corrected chi connectivity index (χ4v) is 5.96. The Morgan fingerprint density at radius 1 is 1.30 bits per heavy atom. The van der Waals surface area contributed by atoms with Crippen LogP contribution in [0.25, 0.3) is 0 Å². The van der Waals surface area contributed by atoms with Gasteiger partial charge in [0.1, 0.15) is 0 Å². The average Bonchev–Trinajstić information content (AvgIpc) is 3.00. The largest absolute Gasteiger partial charge is 0.393 e. The molecule has 4 heteroatoms. The summed E-state index contributed by atoms with van der Waals surface area (Å²) in [4.78, 5) is 0. The molecule has 2 saturated carbocycles. The number of hydrogen-bond acceptors (Lipinski definition) is 4. The first-order valence-electron chi connectivity index (χ1n) is 11.8. The summed E-state index contributed by atoms with van der Waals surface area (Å²) in [5, 5.41) is 30.1. The number of fused-ring (bicyclic) bond motifs is 1. The van der Waals surface area contributed by atoms with Gasteiger partial charge in [-0.2, -0.15) is 0 Å². The zero-order valence-corrected chi connectivity index (χ0v) is 19.4. The molecule has 0 aromatic rings. The van der Waals surface area contributed by atoms with Gasteiger partial charge in [0.25, 0.3) is 0 Å². The van der Waals surface area contributed by atoms with Crippen LogP contribution in [0.1, 0.15) is 79.1 Å². The van der Waals surface area contributed by atoms with Gasteiger partial charge in [-0.3, -0.25) is 0 Å². The molecule has 0 radical (unpaired) electrons. The fourth-order valence-electron chi connectivity index (χ4n) is 5.96. The Kier molecular flexibility index (Phi) is 7.33. The zero-order valence-electron chi connectivity index (χ0n) is 19.4. The van der Waals surface area contributed by atoms with E-state index >= 15 is 0 Å². The van der Waals surface area contributed by atoms with Crippen LogP contribution < -0.4 is 0 Å². The normalized spacial score (nSPS) is 38.8. The van der Waals surface area contributed by atoms with Crippen molar-refractivity contribution in [1.29, 1.82) is 0 Å². The monoisotopic (exact) mass is 418 g/mol. The highest BCUT2D eigenvalue weighted by Crippen LogP contribution is 2.54. The number of aliphatic hydroxyl groups excluding tert-OH is 2. The maximum atomic E-state index is 10.1. The van der Waals surface area contributed by atoms with E-state index in [0.717, 1.165) is 43.4 Å². The lowest BCUT2D eigenvalue weighted by Gasteiger charge is -2.42. The minimum Gasteiger partial charge on any atom is -0.393 e. The van der Waals surface area contributed by atoms with E-state index < -0.39 is 17.8 Å². The van der Waals surface area contributed by atoms with Gasteiger partial charge in [0.15, 0.2) is 0 Å². The Bertz CT molecular complexity index is 686. The first kappa shape index (κ1) is 23.7. The molecule has 1 heterocycles. The maximum absolute atomic E-state index is 10.1. The highest BCUT2D eigenvalue weighted by Gasteiger charge is 2.51. The van der Waals surface area contributed by atoms with E-state index in [1.165, 1.54) is 18.4 Å². The van der Waals surface area contributed by atoms with Gasteiger partial charge in [0, 0.05) is 17.8 Å². The highest BCUT2D eigenvalue weighted by molar-refractivity contribution is 5.38. The van der Waals surface area contributed by atoms with Crippen LogP contribution >= 0.6 is 0 Å². The SMILES string of the molecule is C=C1/C(=C\C=C2/CCC[C@]3(C)[C@@H]([C@H](C)CCCC(C)(C)O)OC[C@@H]23)C[C@@H](O)C[C@@H]1O. The van der Waals surface area contributed by atoms with E-state index in [4.69, 9.17) is 4.74 Å². The van der Waals surface area contributed by atoms with Crippen LogP contribution in [-0.2, 0) is 4.74 Å². The Morgan fingerprint density at radius 2 is 2.03 bits per heavy atom. The van der Waals surface area contributed by atoms with Crippen LogP contribution in [0.2, 0.25) is 0 Å². The standard InChI is InChI=1S/C26H42O4/c1-17(8-6-12-25(3,4)29)24-26(5)13-7-9-19(22(26)16-30-24)10-11-20-14-21(27)15-23(28)18(20)2/h10-11,17,21-24,27-29H,2,6-9,12-16H2,1,3-5H3/b19-10+,20-11-/t17-,21-,22+,23+,24-,26+/m1/s1. The van der Waals surface area contributed by atoms with Crippen molar-refractivity contribution in [2.75, 3.05) is 6.61 Å². The third-order valence-corrected chi connectivity index (χ3v) is 7.75. The van der Waals surface area contributed by atoms with Crippen molar-refractivity contribution in [1.82, 2.24) is 0 Å². The summed E-state index contributed by atoms with van der Waals surface area (Å²) in [6.07, 6.45) is 10.8. The molecule has 6 atom stereocenters. The molecule has 1 saturated heterocycles. The van der Waals surface area contributed by atoms with Crippen LogP contribution in [0.4, 0.5) is 0 Å². The lowest BCUT2D eigenvalue weighted by molar-refractivity contribution is 0.0000158. The highest BCUT2D eigenvalue weighted by atomic mass is 16.5. The molecule has 0 spiro atoms. The number of ether oxygens (including phenoxy) is 1. The third-order valence-electron chi connectivity index (χ3n) is 7.75. The van der Waals surface area contributed by atoms with Crippen molar-refractivity contribution >= 4 is 0 Å². The van der Waals surface area contributed by atoms with Crippen molar-refractivity contribution in [3.05, 3.63) is 35.5 Å². The van der Waals surface area contributed by atoms with Crippen LogP contribution in [0.3, 0.4) is 0 Å². The summed E-state index contributed by atoms with van der Waals surface area (Å²) in [6, 6.07) is 0. The summed E-state index contributed by atoms with van der Waals surface area (Å²) < 4.78 is 6.40. The van der Waals surface area contributed by atoms with Gasteiger partial charge < -0.3 is 20.1 Å². The maximum Gasteiger partial charge on any atom is 0.0811 e. The fraction of sp³-hybridized carbons (Fsp3) is 0.769. The molecule has 1 aliphatic heterocycles. The van der Waals surface area contributed by atoms with Crippen LogP contribution in [-0.4, -0.2) is 45.8 Å². The molecule has 0 bridgehead atoms. The summed E-state index contributed by atoms with van der Waals surface area (Å²) in [5.74, 6) is 0.903. The Hall–Kier alpha value is -0.940. The van der Waals surface area contributed by atoms with E-state index in [1.807, 2.05) is 13.8 Å². The molecular formula is C26H42O4. The minimum atomic E-state index is -0.640. The molecule has 0 aromatic carbocycles. The van der Waals surface area contributed by atoms with Crippen LogP contribution in [0, 0.1) is 17.3 Å². The van der Waals surface area contributed by atoms with Gasteiger partial charge in [-0.15, -0.1) is 0 Å². The van der Waals surface area contributed by atoms with E-state index in [-0.39, 0.29) is 11.5 Å². The van der Waals surface area contributed by atoms with Crippen molar-refractivity contribution in [3.8, 4) is 0 Å². The zero-order chi connectivity index (χ0) is 22.1. The van der Waals surface area contributed by atoms with E-state index in [2.05, 4.69) is 32.6 Å². The second-order valence-corrected chi connectivity index (χ2v) is 10.9. The predicted octanol–water partition coefficient (Wildman–Crippen LogP) is 4.69. The van der Waals surface area contributed by atoms with Gasteiger partial charge in [-0.1, -0.05) is 44.6 Å². The third kappa shape index (κ3) is 5.27. The Morgan fingerprint density at radius 3 is 2.73 bits per heavy atom. The lowest BCUT2D eigenvalue weighted by Crippen LogP contribution is -2.40. The van der Waals surface area contributed by atoms with Gasteiger partial charge in [-0.25, -0.2) is 0 Å². The van der Waals surface area contributed by atoms with Crippen LogP contribution in [0.15, 0.2) is 35.5 Å². The number of allylic oxidation sites excluding steroid dienone is 2. The molecule has 2 aliphatic carbocycles. The van der Waals surface area contributed by atoms with Gasteiger partial charge in [0.2, 0.25) is 0 Å². The summed E-state index contributed by atoms with van der Waals surface area (Å²) in [5.41, 5.74) is 2.71. The van der Waals surface area contributed by atoms with Crippen molar-refractivity contribution in [2.45, 2.75) is 103 Å². The molecule has 3 fully saturated rings. The first-order valence-corrected chi connectivity index (χ1v) is 11.8. The quantitative estimate of drug-likeness (QED) is 0.585. The average molecular weight is 419 g/mol. The molecule has 3 N–H and O–H groups in total. The first-order chi connectivity index (χ1) is 14.0. The van der Waals surface area contributed by atoms with Crippen molar-refractivity contribution < 1.29 is 20.1 Å². The summed E-state index contributed by atoms with van der Waals surface area (Å²) in [6.45, 7) is 13.3. The molecular weight excluding hydrogens is 376 g/mol. The summed E-state index contributed by atoms with van der Waals surface area (Å²) >= 11 is 0. The number of aliphatic hydroxyl groups is 3. The molecule has 4 nitrogen and oxygen atoms in total. The van der Waals surface area contributed by atoms with Gasteiger partial charge in [-0.05, 0) is 69.4 Å². The smallest absolute Gasteiger partial charge is 0.0811 e. The van der Waals surface area contributed by atoms with E-state index in [0.29, 0.717) is 24.7 Å². The lowest BCUT2D eigenvalue weighted by atomic mass is 9.62. The molecule has 30 heavy (non-hydrogen) atoms. The van der Waals surface area contributed by atoms with Crippen molar-refractivity contribution in [3.63, 3.8) is 0 Å². The Labute approximate surface area is 182 Å². The topological polar surface area (TPSA) is 69.9 Å². The van der Waals surface area contributed by atoms with Gasteiger partial charge >= 0.3 is 0 Å². The molecule has 3 aliphatic rings. The van der Waals surface area contributed by atoms with E-state index in [9.17, 15) is 15.3 Å². The van der Waals surface area contributed by atoms with E-state index in [1.54, 1.807) is 0 Å². The van der Waals surface area contributed by atoms with Crippen molar-refractivity contribution in [2.24, 2.45) is 17.3 Å². The molecule has 0 aromatic heterocycles. The second-order valence-electron chi connectivity index (χ2n) is 10.9. The van der Waals surface area contributed by atoms with Crippen LogP contribution in [0.5, 0.6) is 0 Å². The number of hydrogen-bond donors (Lipinski definition) is 3. The number of rotatable bonds is 6.